The van der Waals surface area contributed by atoms with Crippen LogP contribution in [0.15, 0.2) is 11.6 Å². The number of allylic oxidation sites excluding steroid dienone is 1. The molecule has 9 atom stereocenters. The van der Waals surface area contributed by atoms with Gasteiger partial charge in [-0.3, -0.25) is 9.59 Å². The number of aliphatic carboxylic acids is 2. The summed E-state index contributed by atoms with van der Waals surface area (Å²) in [4.78, 5) is 19.3. The van der Waals surface area contributed by atoms with Gasteiger partial charge in [-0.1, -0.05) is 66.0 Å². The number of fused-ring (bicyclic) bond motifs is 5. The zero-order chi connectivity index (χ0) is 28.3. The van der Waals surface area contributed by atoms with Gasteiger partial charge in [-0.2, -0.15) is 0 Å². The van der Waals surface area contributed by atoms with Crippen LogP contribution in [0.25, 0.3) is 0 Å². The molecule has 4 aliphatic rings. The minimum atomic E-state index is -1.08. The topological polar surface area (TPSA) is 94.8 Å². The maximum atomic E-state index is 10.2. The Balaban J connectivity index is 0.000000436. The van der Waals surface area contributed by atoms with E-state index in [1.165, 1.54) is 57.8 Å². The van der Waals surface area contributed by atoms with Crippen LogP contribution in [0, 0.1) is 52.3 Å². The first kappa shape index (κ1) is 31.2. The molecule has 4 aliphatic carbocycles. The van der Waals surface area contributed by atoms with Crippen LogP contribution in [0.1, 0.15) is 125 Å². The Hall–Kier alpha value is -1.36. The average molecular weight is 533 g/mol. The van der Waals surface area contributed by atoms with Gasteiger partial charge in [0.2, 0.25) is 0 Å². The first-order valence-electron chi connectivity index (χ1n) is 15.6. The molecule has 0 aromatic rings. The third-order valence-corrected chi connectivity index (χ3v) is 11.9. The lowest BCUT2D eigenvalue weighted by molar-refractivity contribution is -0.143. The van der Waals surface area contributed by atoms with Crippen molar-refractivity contribution in [1.82, 2.24) is 0 Å². The lowest BCUT2D eigenvalue weighted by Crippen LogP contribution is -2.50. The van der Waals surface area contributed by atoms with Crippen LogP contribution in [-0.4, -0.2) is 33.4 Å². The maximum absolute atomic E-state index is 10.2. The molecule has 3 saturated carbocycles. The molecule has 0 unspecified atom stereocenters. The highest BCUT2D eigenvalue weighted by Gasteiger charge is 2.59. The molecule has 0 spiro atoms. The first-order valence-corrected chi connectivity index (χ1v) is 15.6. The molecule has 38 heavy (non-hydrogen) atoms. The van der Waals surface area contributed by atoms with Gasteiger partial charge >= 0.3 is 11.9 Å². The second kappa shape index (κ2) is 12.9. The Kier molecular flexibility index (Phi) is 10.6. The Morgan fingerprint density at radius 3 is 2.18 bits per heavy atom. The van der Waals surface area contributed by atoms with Crippen molar-refractivity contribution >= 4 is 11.9 Å². The van der Waals surface area contributed by atoms with Crippen molar-refractivity contribution in [3.8, 4) is 0 Å². The molecule has 4 rings (SSSR count). The highest BCUT2D eigenvalue weighted by Crippen LogP contribution is 2.67. The summed E-state index contributed by atoms with van der Waals surface area (Å²) in [5, 5.41) is 26.0. The van der Waals surface area contributed by atoms with Crippen molar-refractivity contribution in [1.29, 1.82) is 0 Å². The van der Waals surface area contributed by atoms with Crippen LogP contribution >= 0.6 is 0 Å². The lowest BCUT2D eigenvalue weighted by Gasteiger charge is -2.58. The van der Waals surface area contributed by atoms with E-state index in [0.717, 1.165) is 54.3 Å². The van der Waals surface area contributed by atoms with Crippen LogP contribution in [0.3, 0.4) is 0 Å². The van der Waals surface area contributed by atoms with Gasteiger partial charge in [-0.25, -0.2) is 0 Å². The van der Waals surface area contributed by atoms with E-state index in [1.807, 2.05) is 0 Å². The molecule has 0 saturated heterocycles. The summed E-state index contributed by atoms with van der Waals surface area (Å²) in [6.45, 7) is 15.1. The van der Waals surface area contributed by atoms with E-state index in [2.05, 4.69) is 47.6 Å². The summed E-state index contributed by atoms with van der Waals surface area (Å²) >= 11 is 0. The zero-order valence-electron chi connectivity index (χ0n) is 25.0. The Bertz CT molecular complexity index is 834. The van der Waals surface area contributed by atoms with Crippen LogP contribution in [0.2, 0.25) is 0 Å². The van der Waals surface area contributed by atoms with E-state index in [4.69, 9.17) is 10.2 Å². The number of aliphatic hydroxyl groups excluding tert-OH is 1. The van der Waals surface area contributed by atoms with Crippen LogP contribution in [-0.2, 0) is 9.59 Å². The average Bonchev–Trinajstić information content (AvgIpc) is 3.21. The summed E-state index contributed by atoms with van der Waals surface area (Å²) in [5.41, 5.74) is 2.59. The third-order valence-electron chi connectivity index (χ3n) is 11.9. The van der Waals surface area contributed by atoms with Gasteiger partial charge in [0.05, 0.1) is 18.9 Å². The molecule has 3 fully saturated rings. The molecule has 5 heteroatoms. The minimum Gasteiger partial charge on any atom is -0.481 e. The number of hydrogen-bond donors (Lipinski definition) is 3. The highest BCUT2D eigenvalue weighted by molar-refractivity contribution is 5.75. The van der Waals surface area contributed by atoms with Gasteiger partial charge in [0.15, 0.2) is 0 Å². The normalized spacial score (nSPS) is 37.6. The van der Waals surface area contributed by atoms with E-state index in [-0.39, 0.29) is 18.9 Å². The SMILES string of the molecule is CC[C@H](CC[C@@H](C)[C@H]1CC[C@H]2[C@@H]3CC=C4C[C@@H](O)CC[C@]4(C)[C@H]3CC[C@]12C)C(C)C.O=C(O)CCC(=O)O. The molecule has 5 nitrogen and oxygen atoms in total. The van der Waals surface area contributed by atoms with Crippen molar-refractivity contribution in [2.75, 3.05) is 0 Å². The molecule has 0 aromatic heterocycles. The predicted molar refractivity (Wildman–Crippen MR) is 153 cm³/mol. The van der Waals surface area contributed by atoms with Gasteiger partial charge in [-0.05, 0) is 110 Å². The van der Waals surface area contributed by atoms with Crippen molar-refractivity contribution in [3.05, 3.63) is 11.6 Å². The summed E-state index contributed by atoms with van der Waals surface area (Å²) in [5.74, 6) is 4.15. The lowest BCUT2D eigenvalue weighted by atomic mass is 9.47. The molecule has 0 radical (unpaired) electrons. The highest BCUT2D eigenvalue weighted by atomic mass is 16.4. The van der Waals surface area contributed by atoms with Gasteiger partial charge < -0.3 is 15.3 Å². The minimum absolute atomic E-state index is 0.0794. The quantitative estimate of drug-likeness (QED) is 0.262. The number of carbonyl (C=O) groups is 2. The first-order chi connectivity index (χ1) is 17.8. The van der Waals surface area contributed by atoms with Gasteiger partial charge in [0, 0.05) is 0 Å². The number of carboxylic acids is 2. The summed E-state index contributed by atoms with van der Waals surface area (Å²) in [6, 6.07) is 0. The largest absolute Gasteiger partial charge is 0.481 e. The Morgan fingerprint density at radius 1 is 0.947 bits per heavy atom. The maximum Gasteiger partial charge on any atom is 0.303 e. The number of carboxylic acid groups (broad SMARTS) is 2. The van der Waals surface area contributed by atoms with Crippen molar-refractivity contribution < 1.29 is 24.9 Å². The molecule has 0 heterocycles. The molecule has 0 bridgehead atoms. The fourth-order valence-corrected chi connectivity index (χ4v) is 9.52. The van der Waals surface area contributed by atoms with Crippen molar-refractivity contribution in [2.45, 2.75) is 131 Å². The van der Waals surface area contributed by atoms with E-state index in [0.29, 0.717) is 10.8 Å². The Morgan fingerprint density at radius 2 is 1.61 bits per heavy atom. The number of aliphatic hydroxyl groups is 1. The summed E-state index contributed by atoms with van der Waals surface area (Å²) < 4.78 is 0. The molecule has 218 valence electrons. The van der Waals surface area contributed by atoms with Crippen molar-refractivity contribution in [2.24, 2.45) is 52.3 Å². The Labute approximate surface area is 231 Å². The summed E-state index contributed by atoms with van der Waals surface area (Å²) in [7, 11) is 0. The molecule has 0 aliphatic heterocycles. The van der Waals surface area contributed by atoms with Gasteiger partial charge in [0.25, 0.3) is 0 Å². The molecular weight excluding hydrogens is 476 g/mol. The van der Waals surface area contributed by atoms with Crippen LogP contribution < -0.4 is 0 Å². The van der Waals surface area contributed by atoms with Crippen LogP contribution in [0.5, 0.6) is 0 Å². The summed E-state index contributed by atoms with van der Waals surface area (Å²) in [6.07, 6.45) is 16.5. The van der Waals surface area contributed by atoms with E-state index in [1.54, 1.807) is 5.57 Å². The standard InChI is InChI=1S/C29H50O.C4H6O4/c1-7-21(19(2)3)9-8-20(4)25-12-13-26-24-11-10-22-18-23(30)14-16-28(22,5)27(24)15-17-29(25,26)6;5-3(6)1-2-4(7)8/h10,19-21,23-27,30H,7-9,11-18H2,1-6H3;1-2H2,(H,5,6)(H,7,8)/t20-,21-,23+,24+,25-,26+,27+,28+,29-;/m1./s1. The van der Waals surface area contributed by atoms with Gasteiger partial charge in [0.1, 0.15) is 0 Å². The third kappa shape index (κ3) is 6.67. The fraction of sp³-hybridized carbons (Fsp3) is 0.879. The number of hydrogen-bond acceptors (Lipinski definition) is 3. The predicted octanol–water partition coefficient (Wildman–Crippen LogP) is 7.96. The molecule has 0 amide bonds. The smallest absolute Gasteiger partial charge is 0.303 e. The van der Waals surface area contributed by atoms with E-state index >= 15 is 0 Å². The molecule has 3 N–H and O–H groups in total. The second-order valence-electron chi connectivity index (χ2n) is 14.1. The molecule has 0 aromatic carbocycles. The number of rotatable bonds is 9. The zero-order valence-corrected chi connectivity index (χ0v) is 25.0. The van der Waals surface area contributed by atoms with E-state index in [9.17, 15) is 14.7 Å². The van der Waals surface area contributed by atoms with Crippen LogP contribution in [0.4, 0.5) is 0 Å². The monoisotopic (exact) mass is 532 g/mol. The van der Waals surface area contributed by atoms with Crippen molar-refractivity contribution in [3.63, 3.8) is 0 Å². The second-order valence-corrected chi connectivity index (χ2v) is 14.1. The van der Waals surface area contributed by atoms with Gasteiger partial charge in [-0.15, -0.1) is 0 Å². The molecular formula is C33H56O5. The van der Waals surface area contributed by atoms with E-state index < -0.39 is 11.9 Å². The fourth-order valence-electron chi connectivity index (χ4n) is 9.52.